The van der Waals surface area contributed by atoms with Gasteiger partial charge in [-0.15, -0.1) is 0 Å². The normalized spacial score (nSPS) is 9.64. The monoisotopic (exact) mass is 152 g/mol. The second-order valence-corrected chi connectivity index (χ2v) is 2.64. The van der Waals surface area contributed by atoms with Crippen molar-refractivity contribution in [1.29, 1.82) is 0 Å². The number of rotatable bonds is 1. The van der Waals surface area contributed by atoms with E-state index >= 15 is 0 Å². The van der Waals surface area contributed by atoms with E-state index in [0.29, 0.717) is 5.69 Å². The third-order valence-electron chi connectivity index (χ3n) is 1.53. The van der Waals surface area contributed by atoms with Gasteiger partial charge in [0, 0.05) is 19.8 Å². The predicted octanol–water partition coefficient (Wildman–Crippen LogP) is 1.04. The van der Waals surface area contributed by atoms with Gasteiger partial charge in [0.2, 0.25) is 0 Å². The van der Waals surface area contributed by atoms with E-state index in [0.717, 1.165) is 5.69 Å². The van der Waals surface area contributed by atoms with E-state index in [1.807, 2.05) is 25.1 Å². The van der Waals surface area contributed by atoms with E-state index < -0.39 is 0 Å². The first-order valence-corrected chi connectivity index (χ1v) is 3.37. The fraction of sp³-hybridized carbons (Fsp3) is 0.250. The van der Waals surface area contributed by atoms with Crippen LogP contribution >= 0.6 is 0 Å². The lowest BCUT2D eigenvalue weighted by Gasteiger charge is -2.12. The third-order valence-corrected chi connectivity index (χ3v) is 1.53. The van der Waals surface area contributed by atoms with Gasteiger partial charge in [-0.25, -0.2) is 0 Å². The molecule has 11 heavy (non-hydrogen) atoms. The molecule has 1 aromatic rings. The zero-order valence-corrected chi connectivity index (χ0v) is 6.70. The molecule has 60 valence electrons. The number of nitrogens with zero attached hydrogens (tertiary/aromatic N) is 1. The Hall–Kier alpha value is -1.38. The summed E-state index contributed by atoms with van der Waals surface area (Å²) in [6, 6.07) is 5.13. The van der Waals surface area contributed by atoms with Crippen LogP contribution in [-0.2, 0) is 0 Å². The Morgan fingerprint density at radius 2 is 2.00 bits per heavy atom. The van der Waals surface area contributed by atoms with Crippen molar-refractivity contribution >= 4 is 11.4 Å². The molecular weight excluding hydrogens is 140 g/mol. The highest BCUT2D eigenvalue weighted by atomic mass is 16.3. The number of benzene rings is 1. The predicted molar refractivity (Wildman–Crippen MR) is 46.8 cm³/mol. The van der Waals surface area contributed by atoms with E-state index in [9.17, 15) is 0 Å². The first kappa shape index (κ1) is 7.72. The fourth-order valence-corrected chi connectivity index (χ4v) is 0.820. The number of phenols is 1. The van der Waals surface area contributed by atoms with Gasteiger partial charge in [0.1, 0.15) is 5.75 Å². The van der Waals surface area contributed by atoms with Crippen LogP contribution < -0.4 is 10.6 Å². The molecule has 3 nitrogen and oxygen atoms in total. The van der Waals surface area contributed by atoms with Crippen molar-refractivity contribution in [3.05, 3.63) is 18.2 Å². The Balaban J connectivity index is 3.05. The standard InChI is InChI=1S/C8H12N2O/c1-10(2)6-3-4-8(11)7(9)5-6/h3-5,11H,9H2,1-2H3. The van der Waals surface area contributed by atoms with E-state index in [2.05, 4.69) is 0 Å². The van der Waals surface area contributed by atoms with Gasteiger partial charge >= 0.3 is 0 Å². The fourth-order valence-electron chi connectivity index (χ4n) is 0.820. The van der Waals surface area contributed by atoms with Crippen LogP contribution in [0.2, 0.25) is 0 Å². The van der Waals surface area contributed by atoms with Gasteiger partial charge in [0.15, 0.2) is 0 Å². The van der Waals surface area contributed by atoms with Crippen LogP contribution in [0.5, 0.6) is 5.75 Å². The maximum atomic E-state index is 9.08. The maximum Gasteiger partial charge on any atom is 0.138 e. The number of hydrogen-bond acceptors (Lipinski definition) is 3. The van der Waals surface area contributed by atoms with Crippen LogP contribution in [0.25, 0.3) is 0 Å². The molecule has 3 heteroatoms. The van der Waals surface area contributed by atoms with Crippen molar-refractivity contribution in [3.8, 4) is 5.75 Å². The molecule has 3 N–H and O–H groups in total. The van der Waals surface area contributed by atoms with E-state index in [-0.39, 0.29) is 5.75 Å². The lowest BCUT2D eigenvalue weighted by Crippen LogP contribution is -2.08. The van der Waals surface area contributed by atoms with E-state index in [4.69, 9.17) is 10.8 Å². The van der Waals surface area contributed by atoms with Crippen molar-refractivity contribution in [3.63, 3.8) is 0 Å². The van der Waals surface area contributed by atoms with Gasteiger partial charge in [-0.2, -0.15) is 0 Å². The highest BCUT2D eigenvalue weighted by Gasteiger charge is 1.98. The van der Waals surface area contributed by atoms with Gasteiger partial charge in [-0.05, 0) is 18.2 Å². The number of nitrogen functional groups attached to an aromatic ring is 1. The van der Waals surface area contributed by atoms with E-state index in [1.165, 1.54) is 0 Å². The molecule has 0 fully saturated rings. The minimum Gasteiger partial charge on any atom is -0.506 e. The van der Waals surface area contributed by atoms with Crippen LogP contribution in [0.4, 0.5) is 11.4 Å². The molecule has 0 bridgehead atoms. The minimum atomic E-state index is 0.135. The van der Waals surface area contributed by atoms with Crippen molar-refractivity contribution < 1.29 is 5.11 Å². The summed E-state index contributed by atoms with van der Waals surface area (Å²) in [4.78, 5) is 1.93. The first-order chi connectivity index (χ1) is 5.11. The molecule has 0 saturated carbocycles. The van der Waals surface area contributed by atoms with Gasteiger partial charge in [0.25, 0.3) is 0 Å². The van der Waals surface area contributed by atoms with Crippen LogP contribution in [0, 0.1) is 0 Å². The van der Waals surface area contributed by atoms with Gasteiger partial charge in [0.05, 0.1) is 5.69 Å². The zero-order chi connectivity index (χ0) is 8.43. The second kappa shape index (κ2) is 2.70. The Morgan fingerprint density at radius 3 is 2.45 bits per heavy atom. The number of aromatic hydroxyl groups is 1. The molecule has 0 aliphatic carbocycles. The molecule has 0 aromatic heterocycles. The summed E-state index contributed by atoms with van der Waals surface area (Å²) in [5.74, 6) is 0.135. The minimum absolute atomic E-state index is 0.135. The highest BCUT2D eigenvalue weighted by molar-refractivity contribution is 5.62. The van der Waals surface area contributed by atoms with Crippen molar-refractivity contribution in [2.24, 2.45) is 0 Å². The molecule has 0 spiro atoms. The lowest BCUT2D eigenvalue weighted by atomic mass is 10.2. The molecule has 1 aromatic carbocycles. The van der Waals surface area contributed by atoms with Crippen LogP contribution in [0.1, 0.15) is 0 Å². The van der Waals surface area contributed by atoms with Gasteiger partial charge < -0.3 is 15.7 Å². The molecule has 0 saturated heterocycles. The van der Waals surface area contributed by atoms with Crippen molar-refractivity contribution in [2.45, 2.75) is 0 Å². The summed E-state index contributed by atoms with van der Waals surface area (Å²) >= 11 is 0. The Kier molecular flexibility index (Phi) is 1.89. The van der Waals surface area contributed by atoms with Crippen LogP contribution in [-0.4, -0.2) is 19.2 Å². The Labute approximate surface area is 66.1 Å². The summed E-state index contributed by atoms with van der Waals surface area (Å²) in [6.07, 6.45) is 0. The Bertz CT molecular complexity index is 258. The van der Waals surface area contributed by atoms with Gasteiger partial charge in [-0.3, -0.25) is 0 Å². The molecule has 0 radical (unpaired) electrons. The van der Waals surface area contributed by atoms with Gasteiger partial charge in [-0.1, -0.05) is 0 Å². The topological polar surface area (TPSA) is 49.5 Å². The number of hydrogen-bond donors (Lipinski definition) is 2. The first-order valence-electron chi connectivity index (χ1n) is 3.37. The molecule has 1 rings (SSSR count). The summed E-state index contributed by atoms with van der Waals surface area (Å²) in [6.45, 7) is 0. The highest BCUT2D eigenvalue weighted by Crippen LogP contribution is 2.24. The van der Waals surface area contributed by atoms with Crippen LogP contribution in [0.15, 0.2) is 18.2 Å². The average molecular weight is 152 g/mol. The lowest BCUT2D eigenvalue weighted by molar-refractivity contribution is 0.478. The number of anilines is 2. The zero-order valence-electron chi connectivity index (χ0n) is 6.70. The molecular formula is C8H12N2O. The van der Waals surface area contributed by atoms with Crippen molar-refractivity contribution in [2.75, 3.05) is 24.7 Å². The average Bonchev–Trinajstić information content (AvgIpc) is 1.94. The Morgan fingerprint density at radius 1 is 1.36 bits per heavy atom. The summed E-state index contributed by atoms with van der Waals surface area (Å²) in [5.41, 5.74) is 6.88. The SMILES string of the molecule is CN(C)c1ccc(O)c(N)c1. The molecule has 0 atom stereocenters. The summed E-state index contributed by atoms with van der Waals surface area (Å²) < 4.78 is 0. The molecule has 0 aliphatic heterocycles. The summed E-state index contributed by atoms with van der Waals surface area (Å²) in [7, 11) is 3.84. The maximum absolute atomic E-state index is 9.08. The summed E-state index contributed by atoms with van der Waals surface area (Å²) in [5, 5.41) is 9.08. The van der Waals surface area contributed by atoms with Crippen molar-refractivity contribution in [1.82, 2.24) is 0 Å². The molecule has 0 amide bonds. The largest absolute Gasteiger partial charge is 0.506 e. The number of nitrogens with two attached hydrogens (primary N) is 1. The third kappa shape index (κ3) is 1.55. The quantitative estimate of drug-likeness (QED) is 0.467. The number of phenolic OH excluding ortho intramolecular Hbond substituents is 1. The smallest absolute Gasteiger partial charge is 0.138 e. The second-order valence-electron chi connectivity index (χ2n) is 2.64. The molecule has 0 unspecified atom stereocenters. The molecule has 0 heterocycles. The van der Waals surface area contributed by atoms with Crippen LogP contribution in [0.3, 0.4) is 0 Å². The molecule has 0 aliphatic rings. The van der Waals surface area contributed by atoms with E-state index in [1.54, 1.807) is 12.1 Å².